The predicted molar refractivity (Wildman–Crippen MR) is 38.7 cm³/mol. The molecule has 1 atom stereocenters. The molecule has 0 heterocycles. The van der Waals surface area contributed by atoms with Crippen LogP contribution in [0.2, 0.25) is 0 Å². The van der Waals surface area contributed by atoms with Crippen LogP contribution in [0.5, 0.6) is 0 Å². The first-order valence-corrected chi connectivity index (χ1v) is 3.63. The first kappa shape index (κ1) is 9.88. The minimum Gasteiger partial charge on any atom is -0.388 e. The summed E-state index contributed by atoms with van der Waals surface area (Å²) < 4.78 is 10.1. The molecule has 0 amide bonds. The fourth-order valence-electron chi connectivity index (χ4n) is 0.655. The lowest BCUT2D eigenvalue weighted by Crippen LogP contribution is -2.29. The molecule has 3 heteroatoms. The molecule has 10 heavy (non-hydrogen) atoms. The van der Waals surface area contributed by atoms with E-state index in [0.29, 0.717) is 13.2 Å². The summed E-state index contributed by atoms with van der Waals surface area (Å²) in [5, 5.41) is 9.02. The minimum absolute atomic E-state index is 0.463. The number of hydrogen-bond acceptors (Lipinski definition) is 3. The third-order valence-corrected chi connectivity index (χ3v) is 1.06. The Morgan fingerprint density at radius 3 is 1.80 bits per heavy atom. The van der Waals surface area contributed by atoms with Gasteiger partial charge in [-0.15, -0.1) is 0 Å². The summed E-state index contributed by atoms with van der Waals surface area (Å²) in [4.78, 5) is 0. The van der Waals surface area contributed by atoms with Gasteiger partial charge in [0.1, 0.15) is 6.10 Å². The summed E-state index contributed by atoms with van der Waals surface area (Å²) in [6.07, 6.45) is -1.02. The Hall–Kier alpha value is -0.120. The zero-order valence-electron chi connectivity index (χ0n) is 6.83. The number of aliphatic hydroxyl groups excluding tert-OH is 1. The second-order valence-corrected chi connectivity index (χ2v) is 2.02. The Morgan fingerprint density at radius 2 is 1.60 bits per heavy atom. The minimum atomic E-state index is -0.556. The Balaban J connectivity index is 3.50. The van der Waals surface area contributed by atoms with E-state index in [1.54, 1.807) is 6.92 Å². The van der Waals surface area contributed by atoms with E-state index in [1.165, 1.54) is 0 Å². The summed E-state index contributed by atoms with van der Waals surface area (Å²) >= 11 is 0. The Kier molecular flexibility index (Phi) is 5.58. The number of hydrogen-bond donors (Lipinski definition) is 1. The van der Waals surface area contributed by atoms with Crippen LogP contribution >= 0.6 is 0 Å². The lowest BCUT2D eigenvalue weighted by Gasteiger charge is -2.18. The Labute approximate surface area is 62.0 Å². The molecule has 0 aromatic heterocycles. The maximum Gasteiger partial charge on any atom is 0.183 e. The molecular formula is C7H16O3. The summed E-state index contributed by atoms with van der Waals surface area (Å²) in [6.45, 7) is 6.52. The van der Waals surface area contributed by atoms with Crippen LogP contribution in [0.25, 0.3) is 0 Å². The highest BCUT2D eigenvalue weighted by atomic mass is 16.7. The number of aliphatic hydroxyl groups is 1. The topological polar surface area (TPSA) is 38.7 Å². The molecular weight excluding hydrogens is 132 g/mol. The summed E-state index contributed by atoms with van der Waals surface area (Å²) in [5.41, 5.74) is 0. The van der Waals surface area contributed by atoms with Gasteiger partial charge in [-0.2, -0.15) is 0 Å². The molecule has 3 nitrogen and oxygen atoms in total. The van der Waals surface area contributed by atoms with Crippen molar-refractivity contribution >= 4 is 0 Å². The SMILES string of the molecule is CCOC(OCC)[C@H](C)O. The number of ether oxygens (including phenoxy) is 2. The fourth-order valence-corrected chi connectivity index (χ4v) is 0.655. The van der Waals surface area contributed by atoms with Gasteiger partial charge in [-0.25, -0.2) is 0 Å². The molecule has 0 fully saturated rings. The molecule has 0 aromatic carbocycles. The average molecular weight is 148 g/mol. The van der Waals surface area contributed by atoms with Crippen LogP contribution in [0, 0.1) is 0 Å². The third-order valence-electron chi connectivity index (χ3n) is 1.06. The zero-order chi connectivity index (χ0) is 7.98. The van der Waals surface area contributed by atoms with Crippen molar-refractivity contribution in [2.24, 2.45) is 0 Å². The smallest absolute Gasteiger partial charge is 0.183 e. The van der Waals surface area contributed by atoms with Gasteiger partial charge < -0.3 is 14.6 Å². The van der Waals surface area contributed by atoms with Gasteiger partial charge in [-0.05, 0) is 20.8 Å². The molecule has 0 aliphatic heterocycles. The maximum atomic E-state index is 9.02. The average Bonchev–Trinajstić information content (AvgIpc) is 1.87. The lowest BCUT2D eigenvalue weighted by molar-refractivity contribution is -0.184. The molecule has 62 valence electrons. The van der Waals surface area contributed by atoms with E-state index in [0.717, 1.165) is 0 Å². The van der Waals surface area contributed by atoms with Crippen molar-refractivity contribution in [1.29, 1.82) is 0 Å². The zero-order valence-corrected chi connectivity index (χ0v) is 6.83. The van der Waals surface area contributed by atoms with Crippen molar-refractivity contribution in [3.8, 4) is 0 Å². The highest BCUT2D eigenvalue weighted by Gasteiger charge is 2.13. The second-order valence-electron chi connectivity index (χ2n) is 2.02. The van der Waals surface area contributed by atoms with Gasteiger partial charge in [-0.1, -0.05) is 0 Å². The molecule has 0 unspecified atom stereocenters. The van der Waals surface area contributed by atoms with Gasteiger partial charge >= 0.3 is 0 Å². The standard InChI is InChI=1S/C7H16O3/c1-4-9-7(6(3)8)10-5-2/h6-8H,4-5H2,1-3H3/t6-/m0/s1. The van der Waals surface area contributed by atoms with Gasteiger partial charge in [0.15, 0.2) is 6.29 Å². The van der Waals surface area contributed by atoms with Crippen LogP contribution in [0.15, 0.2) is 0 Å². The van der Waals surface area contributed by atoms with Gasteiger partial charge in [-0.3, -0.25) is 0 Å². The van der Waals surface area contributed by atoms with Crippen molar-refractivity contribution in [2.75, 3.05) is 13.2 Å². The summed E-state index contributed by atoms with van der Waals surface area (Å²) in [7, 11) is 0. The first-order valence-electron chi connectivity index (χ1n) is 3.63. The molecule has 1 N–H and O–H groups in total. The molecule has 0 spiro atoms. The van der Waals surface area contributed by atoms with Crippen molar-refractivity contribution in [2.45, 2.75) is 33.2 Å². The number of rotatable bonds is 5. The van der Waals surface area contributed by atoms with E-state index >= 15 is 0 Å². The van der Waals surface area contributed by atoms with E-state index in [2.05, 4.69) is 0 Å². The van der Waals surface area contributed by atoms with Crippen LogP contribution in [0.3, 0.4) is 0 Å². The lowest BCUT2D eigenvalue weighted by atomic mass is 10.4. The van der Waals surface area contributed by atoms with Crippen LogP contribution in [0.1, 0.15) is 20.8 Å². The predicted octanol–water partition coefficient (Wildman–Crippen LogP) is 0.766. The monoisotopic (exact) mass is 148 g/mol. The largest absolute Gasteiger partial charge is 0.388 e. The van der Waals surface area contributed by atoms with Gasteiger partial charge in [0.05, 0.1) is 0 Å². The Morgan fingerprint density at radius 1 is 1.20 bits per heavy atom. The molecule has 0 rings (SSSR count). The molecule has 0 aliphatic carbocycles. The molecule has 0 bridgehead atoms. The molecule has 0 saturated carbocycles. The van der Waals surface area contributed by atoms with E-state index in [4.69, 9.17) is 14.6 Å². The Bertz CT molecular complexity index is 67.3. The van der Waals surface area contributed by atoms with Crippen molar-refractivity contribution in [3.05, 3.63) is 0 Å². The maximum absolute atomic E-state index is 9.02. The van der Waals surface area contributed by atoms with Crippen molar-refractivity contribution in [1.82, 2.24) is 0 Å². The quantitative estimate of drug-likeness (QED) is 0.585. The highest BCUT2D eigenvalue weighted by molar-refractivity contribution is 4.50. The van der Waals surface area contributed by atoms with Gasteiger partial charge in [0.2, 0.25) is 0 Å². The van der Waals surface area contributed by atoms with Crippen LogP contribution in [0.4, 0.5) is 0 Å². The van der Waals surface area contributed by atoms with Crippen LogP contribution < -0.4 is 0 Å². The van der Waals surface area contributed by atoms with E-state index in [1.807, 2.05) is 13.8 Å². The van der Waals surface area contributed by atoms with Gasteiger partial charge in [0, 0.05) is 13.2 Å². The molecule has 0 aliphatic rings. The van der Waals surface area contributed by atoms with E-state index in [9.17, 15) is 0 Å². The summed E-state index contributed by atoms with van der Waals surface area (Å²) in [6, 6.07) is 0. The highest BCUT2D eigenvalue weighted by Crippen LogP contribution is 2.00. The molecule has 0 aromatic rings. The van der Waals surface area contributed by atoms with Crippen LogP contribution in [-0.4, -0.2) is 30.7 Å². The molecule has 0 saturated heterocycles. The normalized spacial score (nSPS) is 14.1. The van der Waals surface area contributed by atoms with Crippen molar-refractivity contribution in [3.63, 3.8) is 0 Å². The fraction of sp³-hybridized carbons (Fsp3) is 1.00. The van der Waals surface area contributed by atoms with E-state index < -0.39 is 12.4 Å². The van der Waals surface area contributed by atoms with E-state index in [-0.39, 0.29) is 0 Å². The summed E-state index contributed by atoms with van der Waals surface area (Å²) in [5.74, 6) is 0. The van der Waals surface area contributed by atoms with Gasteiger partial charge in [0.25, 0.3) is 0 Å². The second kappa shape index (κ2) is 5.65. The first-order chi connectivity index (χ1) is 4.72. The van der Waals surface area contributed by atoms with Crippen LogP contribution in [-0.2, 0) is 9.47 Å². The molecule has 0 radical (unpaired) electrons. The van der Waals surface area contributed by atoms with Crippen molar-refractivity contribution < 1.29 is 14.6 Å². The third kappa shape index (κ3) is 3.82.